The van der Waals surface area contributed by atoms with Crippen LogP contribution in [-0.2, 0) is 16.1 Å². The lowest BCUT2D eigenvalue weighted by Gasteiger charge is -2.13. The van der Waals surface area contributed by atoms with Crippen molar-refractivity contribution >= 4 is 22.7 Å². The predicted octanol–water partition coefficient (Wildman–Crippen LogP) is 1.04. The SMILES string of the molecule is COc1cccc(CNC(=O)c2nc3ccc(F)c(OCCC4CC(NC(=O)CO)CO4)c3c(=O)[nH]2)c1. The van der Waals surface area contributed by atoms with Crippen LogP contribution in [0.3, 0.4) is 0 Å². The van der Waals surface area contributed by atoms with Crippen LogP contribution in [0.25, 0.3) is 10.9 Å². The summed E-state index contributed by atoms with van der Waals surface area (Å²) in [7, 11) is 1.54. The Hall–Kier alpha value is -4.03. The third-order valence-corrected chi connectivity index (χ3v) is 5.86. The molecule has 3 aromatic rings. The van der Waals surface area contributed by atoms with Gasteiger partial charge in [0.1, 0.15) is 17.7 Å². The maximum Gasteiger partial charge on any atom is 0.287 e. The van der Waals surface area contributed by atoms with E-state index >= 15 is 0 Å². The Labute approximate surface area is 211 Å². The number of nitrogens with zero attached hydrogens (tertiary/aromatic N) is 1. The third kappa shape index (κ3) is 6.40. The van der Waals surface area contributed by atoms with Crippen LogP contribution in [0.5, 0.6) is 11.5 Å². The van der Waals surface area contributed by atoms with Crippen molar-refractivity contribution in [2.45, 2.75) is 31.5 Å². The minimum atomic E-state index is -0.740. The molecule has 4 rings (SSSR count). The number of carbonyl (C=O) groups excluding carboxylic acids is 2. The lowest BCUT2D eigenvalue weighted by atomic mass is 10.1. The first-order chi connectivity index (χ1) is 17.9. The molecule has 0 saturated carbocycles. The Morgan fingerprint density at radius 2 is 2.14 bits per heavy atom. The number of carbonyl (C=O) groups is 2. The number of methoxy groups -OCH3 is 1. The third-order valence-electron chi connectivity index (χ3n) is 5.86. The molecular formula is C25H27FN4O7. The van der Waals surface area contributed by atoms with E-state index in [9.17, 15) is 18.8 Å². The standard InChI is InChI=1S/C25H27FN4O7/c1-35-16-4-2-3-14(9-16)11-27-25(34)23-29-19-6-5-18(26)22(21(19)24(33)30-23)36-8-7-17-10-15(13-37-17)28-20(32)12-31/h2-6,9,15,17,31H,7-8,10-13H2,1H3,(H,27,34)(H,28,32)(H,29,30,33). The van der Waals surface area contributed by atoms with Crippen LogP contribution in [0.4, 0.5) is 4.39 Å². The van der Waals surface area contributed by atoms with E-state index < -0.39 is 29.8 Å². The van der Waals surface area contributed by atoms with Crippen LogP contribution >= 0.6 is 0 Å². The van der Waals surface area contributed by atoms with Gasteiger partial charge in [0.05, 0.1) is 38.0 Å². The fourth-order valence-electron chi connectivity index (χ4n) is 4.05. The number of hydrogen-bond acceptors (Lipinski definition) is 8. The van der Waals surface area contributed by atoms with E-state index in [-0.39, 0.29) is 47.8 Å². The number of rotatable bonds is 10. The molecule has 196 valence electrons. The lowest BCUT2D eigenvalue weighted by molar-refractivity contribution is -0.124. The second-order valence-corrected chi connectivity index (χ2v) is 8.47. The summed E-state index contributed by atoms with van der Waals surface area (Å²) < 4.78 is 30.9. The molecule has 1 aromatic heterocycles. The average molecular weight is 515 g/mol. The van der Waals surface area contributed by atoms with Crippen molar-refractivity contribution in [3.8, 4) is 11.5 Å². The molecule has 2 amide bonds. The summed E-state index contributed by atoms with van der Waals surface area (Å²) in [5, 5.41) is 14.0. The smallest absolute Gasteiger partial charge is 0.287 e. The largest absolute Gasteiger partial charge is 0.497 e. The summed E-state index contributed by atoms with van der Waals surface area (Å²) in [5.41, 5.74) is 0.187. The average Bonchev–Trinajstić information content (AvgIpc) is 3.35. The molecule has 1 aliphatic heterocycles. The van der Waals surface area contributed by atoms with Crippen LogP contribution in [0.1, 0.15) is 29.0 Å². The van der Waals surface area contributed by atoms with Gasteiger partial charge in [-0.15, -0.1) is 0 Å². The number of nitrogens with one attached hydrogen (secondary N) is 3. The van der Waals surface area contributed by atoms with Crippen LogP contribution in [0.2, 0.25) is 0 Å². The molecule has 0 aliphatic carbocycles. The number of benzene rings is 2. The predicted molar refractivity (Wildman–Crippen MR) is 130 cm³/mol. The number of halogens is 1. The Morgan fingerprint density at radius 1 is 1.30 bits per heavy atom. The van der Waals surface area contributed by atoms with Crippen molar-refractivity contribution in [3.63, 3.8) is 0 Å². The lowest BCUT2D eigenvalue weighted by Crippen LogP contribution is -2.37. The first-order valence-corrected chi connectivity index (χ1v) is 11.7. The highest BCUT2D eigenvalue weighted by Gasteiger charge is 2.27. The Bertz CT molecular complexity index is 1350. The normalized spacial score (nSPS) is 16.9. The van der Waals surface area contributed by atoms with E-state index in [0.29, 0.717) is 25.2 Å². The van der Waals surface area contributed by atoms with E-state index in [0.717, 1.165) is 11.6 Å². The van der Waals surface area contributed by atoms with E-state index in [1.54, 1.807) is 25.3 Å². The fraction of sp³-hybridized carbons (Fsp3) is 0.360. The number of aliphatic hydroxyl groups excluding tert-OH is 1. The molecule has 2 unspecified atom stereocenters. The van der Waals surface area contributed by atoms with Crippen molar-refractivity contribution < 1.29 is 33.3 Å². The van der Waals surface area contributed by atoms with E-state index in [1.807, 2.05) is 6.07 Å². The molecule has 0 bridgehead atoms. The van der Waals surface area contributed by atoms with Crippen LogP contribution in [0.15, 0.2) is 41.2 Å². The van der Waals surface area contributed by atoms with Gasteiger partial charge in [0.2, 0.25) is 5.91 Å². The van der Waals surface area contributed by atoms with Crippen LogP contribution < -0.4 is 25.7 Å². The number of ether oxygens (including phenoxy) is 3. The van der Waals surface area contributed by atoms with Gasteiger partial charge in [-0.25, -0.2) is 9.37 Å². The second kappa shape index (κ2) is 11.8. The zero-order valence-corrected chi connectivity index (χ0v) is 20.1. The van der Waals surface area contributed by atoms with Crippen molar-refractivity contribution in [1.82, 2.24) is 20.6 Å². The van der Waals surface area contributed by atoms with Gasteiger partial charge >= 0.3 is 0 Å². The number of aromatic nitrogens is 2. The summed E-state index contributed by atoms with van der Waals surface area (Å²) in [6, 6.07) is 9.36. The molecule has 1 fully saturated rings. The molecule has 0 radical (unpaired) electrons. The monoisotopic (exact) mass is 514 g/mol. The molecule has 2 atom stereocenters. The van der Waals surface area contributed by atoms with Crippen molar-refractivity contribution in [2.24, 2.45) is 0 Å². The number of fused-ring (bicyclic) bond motifs is 1. The van der Waals surface area contributed by atoms with Crippen molar-refractivity contribution in [1.29, 1.82) is 0 Å². The first-order valence-electron chi connectivity index (χ1n) is 11.7. The molecule has 2 heterocycles. The number of amides is 2. The molecule has 37 heavy (non-hydrogen) atoms. The number of H-pyrrole nitrogens is 1. The highest BCUT2D eigenvalue weighted by molar-refractivity contribution is 5.93. The quantitative estimate of drug-likeness (QED) is 0.313. The van der Waals surface area contributed by atoms with Gasteiger partial charge in [0.15, 0.2) is 17.4 Å². The van der Waals surface area contributed by atoms with Gasteiger partial charge in [-0.05, 0) is 36.2 Å². The van der Waals surface area contributed by atoms with Crippen molar-refractivity contribution in [2.75, 3.05) is 26.9 Å². The maximum atomic E-state index is 14.6. The second-order valence-electron chi connectivity index (χ2n) is 8.47. The summed E-state index contributed by atoms with van der Waals surface area (Å²) in [4.78, 5) is 43.3. The highest BCUT2D eigenvalue weighted by Crippen LogP contribution is 2.26. The Morgan fingerprint density at radius 3 is 2.92 bits per heavy atom. The molecule has 1 saturated heterocycles. The van der Waals surface area contributed by atoms with E-state index in [2.05, 4.69) is 20.6 Å². The molecule has 1 aliphatic rings. The van der Waals surface area contributed by atoms with Gasteiger partial charge in [-0.2, -0.15) is 0 Å². The Balaban J connectivity index is 1.41. The number of aromatic amines is 1. The van der Waals surface area contributed by atoms with Gasteiger partial charge in [-0.3, -0.25) is 14.4 Å². The summed E-state index contributed by atoms with van der Waals surface area (Å²) in [5.74, 6) is -1.66. The number of aliphatic hydroxyl groups is 1. The fourth-order valence-corrected chi connectivity index (χ4v) is 4.05. The van der Waals surface area contributed by atoms with Gasteiger partial charge < -0.3 is 34.9 Å². The molecule has 2 aromatic carbocycles. The van der Waals surface area contributed by atoms with Gasteiger partial charge in [0.25, 0.3) is 11.5 Å². The summed E-state index contributed by atoms with van der Waals surface area (Å²) >= 11 is 0. The summed E-state index contributed by atoms with van der Waals surface area (Å²) in [6.45, 7) is -0.0724. The van der Waals surface area contributed by atoms with Crippen molar-refractivity contribution in [3.05, 3.63) is 64.0 Å². The molecular weight excluding hydrogens is 487 g/mol. The summed E-state index contributed by atoms with van der Waals surface area (Å²) in [6.07, 6.45) is 0.666. The van der Waals surface area contributed by atoms with E-state index in [4.69, 9.17) is 19.3 Å². The van der Waals surface area contributed by atoms with Crippen LogP contribution in [-0.4, -0.2) is 66.0 Å². The Kier molecular flexibility index (Phi) is 8.31. The zero-order chi connectivity index (χ0) is 26.4. The molecule has 4 N–H and O–H groups in total. The maximum absolute atomic E-state index is 14.6. The van der Waals surface area contributed by atoms with Gasteiger partial charge in [0, 0.05) is 13.0 Å². The highest BCUT2D eigenvalue weighted by atomic mass is 19.1. The minimum absolute atomic E-state index is 0.0452. The van der Waals surface area contributed by atoms with E-state index in [1.165, 1.54) is 6.07 Å². The molecule has 12 heteroatoms. The first kappa shape index (κ1) is 26.0. The minimum Gasteiger partial charge on any atom is -0.497 e. The van der Waals surface area contributed by atoms with Crippen LogP contribution in [0, 0.1) is 5.82 Å². The van der Waals surface area contributed by atoms with Gasteiger partial charge in [-0.1, -0.05) is 12.1 Å². The molecule has 11 nitrogen and oxygen atoms in total. The topological polar surface area (TPSA) is 152 Å². The molecule has 0 spiro atoms. The number of hydrogen-bond donors (Lipinski definition) is 4. The zero-order valence-electron chi connectivity index (χ0n) is 20.1.